The first-order valence-corrected chi connectivity index (χ1v) is 6.70. The van der Waals surface area contributed by atoms with Crippen molar-refractivity contribution in [2.45, 2.75) is 26.3 Å². The van der Waals surface area contributed by atoms with Crippen molar-refractivity contribution in [2.24, 2.45) is 0 Å². The fourth-order valence-electron chi connectivity index (χ4n) is 1.58. The monoisotopic (exact) mass is 309 g/mol. The molecule has 1 atom stereocenters. The smallest absolute Gasteiger partial charge is 0.223 e. The Morgan fingerprint density at radius 3 is 2.89 bits per heavy atom. The Hall–Kier alpha value is -1.36. The zero-order valence-electron chi connectivity index (χ0n) is 10.7. The van der Waals surface area contributed by atoms with Gasteiger partial charge in [0.15, 0.2) is 0 Å². The van der Waals surface area contributed by atoms with Gasteiger partial charge in [-0.25, -0.2) is 9.97 Å². The summed E-state index contributed by atoms with van der Waals surface area (Å²) in [6.07, 6.45) is 2.85. The van der Waals surface area contributed by atoms with E-state index in [2.05, 4.69) is 45.1 Å². The predicted molar refractivity (Wildman–Crippen MR) is 77.2 cm³/mol. The van der Waals surface area contributed by atoms with Gasteiger partial charge in [-0.15, -0.1) is 0 Å². The molecule has 0 radical (unpaired) electrons. The molecule has 1 aromatic carbocycles. The molecule has 2 rings (SSSR count). The molecule has 0 aliphatic rings. The van der Waals surface area contributed by atoms with E-state index in [4.69, 9.17) is 4.74 Å². The van der Waals surface area contributed by atoms with Gasteiger partial charge in [0.2, 0.25) is 5.95 Å². The zero-order valence-corrected chi connectivity index (χ0v) is 12.3. The van der Waals surface area contributed by atoms with Gasteiger partial charge in [0.1, 0.15) is 5.75 Å². The highest BCUT2D eigenvalue weighted by Crippen LogP contribution is 2.29. The summed E-state index contributed by atoms with van der Waals surface area (Å²) in [5.41, 5.74) is 0.871. The number of anilines is 1. The summed E-state index contributed by atoms with van der Waals surface area (Å²) in [4.78, 5) is 8.80. The van der Waals surface area contributed by atoms with Crippen LogP contribution in [0.25, 0.3) is 10.9 Å². The third-order valence-corrected chi connectivity index (χ3v) is 3.46. The Morgan fingerprint density at radius 1 is 1.44 bits per heavy atom. The molecule has 2 aromatic rings. The maximum Gasteiger partial charge on any atom is 0.223 e. The average Bonchev–Trinajstić information content (AvgIpc) is 2.38. The maximum absolute atomic E-state index is 5.27. The number of ether oxygens (including phenoxy) is 1. The molecule has 1 aromatic heterocycles. The largest absolute Gasteiger partial charge is 0.495 e. The van der Waals surface area contributed by atoms with Gasteiger partial charge in [-0.1, -0.05) is 6.92 Å². The summed E-state index contributed by atoms with van der Waals surface area (Å²) in [5, 5.41) is 4.24. The summed E-state index contributed by atoms with van der Waals surface area (Å²) >= 11 is 3.45. The Morgan fingerprint density at radius 2 is 2.22 bits per heavy atom. The minimum absolute atomic E-state index is 0.361. The summed E-state index contributed by atoms with van der Waals surface area (Å²) in [6, 6.07) is 4.23. The van der Waals surface area contributed by atoms with Crippen molar-refractivity contribution in [3.8, 4) is 5.75 Å². The quantitative estimate of drug-likeness (QED) is 0.937. The number of hydrogen-bond acceptors (Lipinski definition) is 4. The molecule has 5 heteroatoms. The van der Waals surface area contributed by atoms with Crippen LogP contribution in [0.4, 0.5) is 5.95 Å². The van der Waals surface area contributed by atoms with Crippen LogP contribution < -0.4 is 10.1 Å². The van der Waals surface area contributed by atoms with Gasteiger partial charge in [0.25, 0.3) is 0 Å². The minimum atomic E-state index is 0.361. The highest BCUT2D eigenvalue weighted by atomic mass is 79.9. The van der Waals surface area contributed by atoms with E-state index in [-0.39, 0.29) is 0 Å². The van der Waals surface area contributed by atoms with Crippen LogP contribution in [0.15, 0.2) is 22.8 Å². The Labute approximate surface area is 115 Å². The molecule has 0 fully saturated rings. The molecule has 4 nitrogen and oxygen atoms in total. The third-order valence-electron chi connectivity index (χ3n) is 2.84. The summed E-state index contributed by atoms with van der Waals surface area (Å²) in [5.74, 6) is 1.43. The summed E-state index contributed by atoms with van der Waals surface area (Å²) in [7, 11) is 1.64. The van der Waals surface area contributed by atoms with Crippen molar-refractivity contribution in [3.63, 3.8) is 0 Å². The molecule has 96 valence electrons. The maximum atomic E-state index is 5.27. The Kier molecular flexibility index (Phi) is 4.01. The molecule has 1 heterocycles. The van der Waals surface area contributed by atoms with Gasteiger partial charge >= 0.3 is 0 Å². The molecule has 0 aliphatic heterocycles. The fourth-order valence-corrected chi connectivity index (χ4v) is 2.10. The molecule has 0 saturated carbocycles. The van der Waals surface area contributed by atoms with Crippen LogP contribution in [-0.2, 0) is 0 Å². The second-order valence-electron chi connectivity index (χ2n) is 4.19. The number of hydrogen-bond donors (Lipinski definition) is 1. The lowest BCUT2D eigenvalue weighted by Crippen LogP contribution is -2.15. The van der Waals surface area contributed by atoms with E-state index in [1.54, 1.807) is 7.11 Å². The zero-order chi connectivity index (χ0) is 13.1. The number of methoxy groups -OCH3 is 1. The van der Waals surface area contributed by atoms with Crippen LogP contribution in [0.5, 0.6) is 5.75 Å². The first-order chi connectivity index (χ1) is 8.63. The van der Waals surface area contributed by atoms with E-state index in [1.165, 1.54) is 0 Å². The molecule has 18 heavy (non-hydrogen) atoms. The molecule has 0 saturated heterocycles. The lowest BCUT2D eigenvalue weighted by atomic mass is 10.2. The van der Waals surface area contributed by atoms with Crippen molar-refractivity contribution in [1.29, 1.82) is 0 Å². The number of halogens is 1. The average molecular weight is 310 g/mol. The second kappa shape index (κ2) is 5.52. The van der Waals surface area contributed by atoms with Gasteiger partial charge < -0.3 is 10.1 Å². The van der Waals surface area contributed by atoms with Crippen molar-refractivity contribution < 1.29 is 4.74 Å². The van der Waals surface area contributed by atoms with Gasteiger partial charge in [0, 0.05) is 23.7 Å². The van der Waals surface area contributed by atoms with Crippen LogP contribution >= 0.6 is 15.9 Å². The van der Waals surface area contributed by atoms with Crippen molar-refractivity contribution in [2.75, 3.05) is 12.4 Å². The van der Waals surface area contributed by atoms with E-state index in [0.29, 0.717) is 12.0 Å². The second-order valence-corrected chi connectivity index (χ2v) is 5.05. The molecule has 0 amide bonds. The van der Waals surface area contributed by atoms with Crippen molar-refractivity contribution in [1.82, 2.24) is 9.97 Å². The number of nitrogens with zero attached hydrogens (tertiary/aromatic N) is 2. The normalized spacial score (nSPS) is 12.4. The highest BCUT2D eigenvalue weighted by molar-refractivity contribution is 9.10. The number of nitrogens with one attached hydrogen (secondary N) is 1. The molecule has 0 aliphatic carbocycles. The summed E-state index contributed by atoms with van der Waals surface area (Å²) < 4.78 is 6.17. The minimum Gasteiger partial charge on any atom is -0.495 e. The lowest BCUT2D eigenvalue weighted by Gasteiger charge is -2.12. The van der Waals surface area contributed by atoms with Crippen LogP contribution in [0.3, 0.4) is 0 Å². The molecular formula is C13H16BrN3O. The van der Waals surface area contributed by atoms with Crippen molar-refractivity contribution >= 4 is 32.8 Å². The molecule has 0 unspecified atom stereocenters. The Balaban J connectivity index is 2.40. The van der Waals surface area contributed by atoms with Crippen LogP contribution in [-0.4, -0.2) is 23.1 Å². The Bertz CT molecular complexity index is 559. The van der Waals surface area contributed by atoms with E-state index in [1.807, 2.05) is 18.3 Å². The van der Waals surface area contributed by atoms with E-state index in [0.717, 1.165) is 27.5 Å². The van der Waals surface area contributed by atoms with Crippen LogP contribution in [0, 0.1) is 0 Å². The predicted octanol–water partition coefficient (Wildman–Crippen LogP) is 3.61. The number of fused-ring (bicyclic) bond motifs is 1. The molecular weight excluding hydrogens is 294 g/mol. The van der Waals surface area contributed by atoms with Crippen LogP contribution in [0.1, 0.15) is 20.3 Å². The first kappa shape index (κ1) is 13.1. The molecule has 0 bridgehead atoms. The summed E-state index contributed by atoms with van der Waals surface area (Å²) in [6.45, 7) is 4.23. The van der Waals surface area contributed by atoms with E-state index in [9.17, 15) is 0 Å². The topological polar surface area (TPSA) is 47.0 Å². The standard InChI is InChI=1S/C13H16BrN3O/c1-4-8(2)16-13-15-7-9-5-10(14)12(18-3)6-11(9)17-13/h5-8H,4H2,1-3H3,(H,15,16,17)/t8-/m0/s1. The molecule has 0 spiro atoms. The van der Waals surface area contributed by atoms with E-state index < -0.39 is 0 Å². The van der Waals surface area contributed by atoms with Gasteiger partial charge in [-0.3, -0.25) is 0 Å². The molecule has 1 N–H and O–H groups in total. The van der Waals surface area contributed by atoms with Crippen LogP contribution in [0.2, 0.25) is 0 Å². The fraction of sp³-hybridized carbons (Fsp3) is 0.385. The lowest BCUT2D eigenvalue weighted by molar-refractivity contribution is 0.412. The first-order valence-electron chi connectivity index (χ1n) is 5.91. The van der Waals surface area contributed by atoms with Gasteiger partial charge in [-0.05, 0) is 35.3 Å². The SMILES string of the molecule is CC[C@H](C)Nc1ncc2cc(Br)c(OC)cc2n1. The van der Waals surface area contributed by atoms with Gasteiger partial charge in [0.05, 0.1) is 17.1 Å². The number of rotatable bonds is 4. The van der Waals surface area contributed by atoms with Crippen molar-refractivity contribution in [3.05, 3.63) is 22.8 Å². The number of aromatic nitrogens is 2. The highest BCUT2D eigenvalue weighted by Gasteiger charge is 2.07. The van der Waals surface area contributed by atoms with E-state index >= 15 is 0 Å². The van der Waals surface area contributed by atoms with Gasteiger partial charge in [-0.2, -0.15) is 0 Å². The third kappa shape index (κ3) is 2.72. The number of benzene rings is 1.